The molecule has 3 rings (SSSR count). The predicted octanol–water partition coefficient (Wildman–Crippen LogP) is 2.86. The zero-order valence-electron chi connectivity index (χ0n) is 12.4. The van der Waals surface area contributed by atoms with Crippen molar-refractivity contribution in [2.45, 2.75) is 6.10 Å². The van der Waals surface area contributed by atoms with Crippen LogP contribution in [0, 0.1) is 17.2 Å². The van der Waals surface area contributed by atoms with Crippen molar-refractivity contribution in [3.8, 4) is 11.8 Å². The number of carbonyl (C=O) groups is 1. The third-order valence-electron chi connectivity index (χ3n) is 3.71. The van der Waals surface area contributed by atoms with Crippen molar-refractivity contribution in [2.24, 2.45) is 11.7 Å². The van der Waals surface area contributed by atoms with E-state index in [9.17, 15) is 10.1 Å². The number of hydrogen-bond donors (Lipinski definition) is 1. The first-order valence-electron chi connectivity index (χ1n) is 6.93. The van der Waals surface area contributed by atoms with Crippen molar-refractivity contribution in [3.63, 3.8) is 0 Å². The molecule has 0 unspecified atom stereocenters. The molecule has 1 aromatic heterocycles. The van der Waals surface area contributed by atoms with Crippen LogP contribution >= 0.6 is 11.3 Å². The van der Waals surface area contributed by atoms with Gasteiger partial charge in [0, 0.05) is 10.4 Å². The van der Waals surface area contributed by atoms with Crippen molar-refractivity contribution >= 4 is 23.0 Å². The number of ether oxygens (including phenoxy) is 2. The van der Waals surface area contributed by atoms with Gasteiger partial charge in [-0.3, -0.25) is 4.79 Å². The molecule has 0 radical (unpaired) electrons. The minimum Gasteiger partial charge on any atom is -0.497 e. The number of thiophene rings is 1. The van der Waals surface area contributed by atoms with Gasteiger partial charge in [0.2, 0.25) is 5.91 Å². The molecule has 2 heterocycles. The molecular weight excluding hydrogens is 312 g/mol. The number of methoxy groups -OCH3 is 1. The van der Waals surface area contributed by atoms with Crippen LogP contribution in [0.5, 0.6) is 5.75 Å². The van der Waals surface area contributed by atoms with Gasteiger partial charge in [-0.2, -0.15) is 5.26 Å². The maximum absolute atomic E-state index is 11.9. The second kappa shape index (κ2) is 6.15. The van der Waals surface area contributed by atoms with E-state index in [4.69, 9.17) is 15.2 Å². The van der Waals surface area contributed by atoms with Gasteiger partial charge in [0.25, 0.3) is 0 Å². The Morgan fingerprint density at radius 1 is 1.35 bits per heavy atom. The molecule has 2 aromatic rings. The summed E-state index contributed by atoms with van der Waals surface area (Å²) in [6.45, 7) is 0. The Morgan fingerprint density at radius 2 is 2.09 bits per heavy atom. The minimum atomic E-state index is -0.782. The first-order chi connectivity index (χ1) is 11.2. The number of nitrogens with two attached hydrogens (primary N) is 1. The quantitative estimate of drug-likeness (QED) is 0.936. The second-order valence-corrected chi connectivity index (χ2v) is 6.00. The molecule has 1 aliphatic rings. The fraction of sp³-hybridized carbons (Fsp3) is 0.176. The van der Waals surface area contributed by atoms with E-state index in [2.05, 4.69) is 6.07 Å². The number of benzene rings is 1. The lowest BCUT2D eigenvalue weighted by Gasteiger charge is -2.16. The van der Waals surface area contributed by atoms with Crippen LogP contribution in [-0.2, 0) is 9.53 Å². The average molecular weight is 326 g/mol. The third kappa shape index (κ3) is 2.67. The summed E-state index contributed by atoms with van der Waals surface area (Å²) in [5.41, 5.74) is 6.51. The van der Waals surface area contributed by atoms with E-state index in [1.807, 2.05) is 17.5 Å². The summed E-state index contributed by atoms with van der Waals surface area (Å²) >= 11 is 1.47. The van der Waals surface area contributed by atoms with E-state index in [0.717, 1.165) is 4.88 Å². The molecule has 116 valence electrons. The number of hydrogen-bond acceptors (Lipinski definition) is 5. The normalized spacial score (nSPS) is 20.0. The second-order valence-electron chi connectivity index (χ2n) is 5.02. The summed E-state index contributed by atoms with van der Waals surface area (Å²) in [4.78, 5) is 12.8. The Kier molecular flexibility index (Phi) is 4.04. The third-order valence-corrected chi connectivity index (χ3v) is 4.64. The maximum atomic E-state index is 11.9. The molecule has 5 nitrogen and oxygen atoms in total. The highest BCUT2D eigenvalue weighted by atomic mass is 32.1. The standard InChI is InChI=1S/C17H14N2O3S/c1-21-11-6-4-10(5-7-11)15-12(9-18)14(17(19)20)16(22-15)13-3-2-8-23-13/h2-8,14,16H,1H3,(H2,19,20)/t14-,16+/m0/s1. The van der Waals surface area contributed by atoms with Crippen molar-refractivity contribution in [1.29, 1.82) is 5.26 Å². The molecule has 1 aromatic carbocycles. The molecule has 6 heteroatoms. The topological polar surface area (TPSA) is 85.3 Å². The van der Waals surface area contributed by atoms with Crippen LogP contribution in [0.4, 0.5) is 0 Å². The van der Waals surface area contributed by atoms with Gasteiger partial charge < -0.3 is 15.2 Å². The number of carbonyl (C=O) groups excluding carboxylic acids is 1. The van der Waals surface area contributed by atoms with Crippen molar-refractivity contribution in [2.75, 3.05) is 7.11 Å². The molecule has 2 atom stereocenters. The van der Waals surface area contributed by atoms with E-state index < -0.39 is 17.9 Å². The summed E-state index contributed by atoms with van der Waals surface area (Å²) in [5.74, 6) is -0.247. The predicted molar refractivity (Wildman–Crippen MR) is 86.4 cm³/mol. The smallest absolute Gasteiger partial charge is 0.230 e. The van der Waals surface area contributed by atoms with Crippen molar-refractivity contribution < 1.29 is 14.3 Å². The molecule has 0 bridgehead atoms. The van der Waals surface area contributed by atoms with Gasteiger partial charge in [-0.05, 0) is 35.7 Å². The van der Waals surface area contributed by atoms with Crippen LogP contribution in [0.2, 0.25) is 0 Å². The fourth-order valence-electron chi connectivity index (χ4n) is 2.60. The zero-order valence-corrected chi connectivity index (χ0v) is 13.2. The average Bonchev–Trinajstić information content (AvgIpc) is 3.21. The molecule has 0 fully saturated rings. The molecule has 2 N–H and O–H groups in total. The molecule has 0 saturated carbocycles. The minimum absolute atomic E-state index is 0.265. The van der Waals surface area contributed by atoms with Crippen LogP contribution in [-0.4, -0.2) is 13.0 Å². The molecule has 23 heavy (non-hydrogen) atoms. The highest BCUT2D eigenvalue weighted by Crippen LogP contribution is 2.46. The zero-order chi connectivity index (χ0) is 16.4. The maximum Gasteiger partial charge on any atom is 0.230 e. The lowest BCUT2D eigenvalue weighted by molar-refractivity contribution is -0.122. The van der Waals surface area contributed by atoms with Gasteiger partial charge in [-0.15, -0.1) is 11.3 Å². The first kappa shape index (κ1) is 15.1. The van der Waals surface area contributed by atoms with E-state index >= 15 is 0 Å². The number of amides is 1. The molecule has 1 aliphatic heterocycles. The van der Waals surface area contributed by atoms with Gasteiger partial charge in [0.1, 0.15) is 23.5 Å². The molecule has 0 aliphatic carbocycles. The number of nitrogens with zero attached hydrogens (tertiary/aromatic N) is 1. The van der Waals surface area contributed by atoms with Crippen LogP contribution in [0.3, 0.4) is 0 Å². The van der Waals surface area contributed by atoms with Gasteiger partial charge in [-0.1, -0.05) is 6.07 Å². The van der Waals surface area contributed by atoms with E-state index in [-0.39, 0.29) is 5.57 Å². The summed E-state index contributed by atoms with van der Waals surface area (Å²) in [6, 6.07) is 13.0. The largest absolute Gasteiger partial charge is 0.497 e. The fourth-order valence-corrected chi connectivity index (χ4v) is 3.39. The van der Waals surface area contributed by atoms with Crippen LogP contribution in [0.15, 0.2) is 47.4 Å². The van der Waals surface area contributed by atoms with Crippen molar-refractivity contribution in [1.82, 2.24) is 0 Å². The Bertz CT molecular complexity index is 788. The van der Waals surface area contributed by atoms with Gasteiger partial charge >= 0.3 is 0 Å². The molecular formula is C17H14N2O3S. The Labute approximate surface area is 137 Å². The molecule has 1 amide bonds. The molecule has 0 spiro atoms. The molecule has 0 saturated heterocycles. The highest BCUT2D eigenvalue weighted by Gasteiger charge is 2.42. The van der Waals surface area contributed by atoms with Crippen LogP contribution < -0.4 is 10.5 Å². The van der Waals surface area contributed by atoms with Gasteiger partial charge in [0.15, 0.2) is 0 Å². The SMILES string of the molecule is COc1ccc(C2=C(C#N)[C@H](C(N)=O)[C@@H](c3cccs3)O2)cc1. The first-order valence-corrected chi connectivity index (χ1v) is 7.81. The monoisotopic (exact) mass is 326 g/mol. The Hall–Kier alpha value is -2.78. The summed E-state index contributed by atoms with van der Waals surface area (Å²) in [7, 11) is 1.58. The number of primary amides is 1. The Morgan fingerprint density at radius 3 is 2.61 bits per heavy atom. The van der Waals surface area contributed by atoms with Crippen LogP contribution in [0.1, 0.15) is 16.5 Å². The highest BCUT2D eigenvalue weighted by molar-refractivity contribution is 7.10. The number of nitriles is 1. The van der Waals surface area contributed by atoms with Crippen LogP contribution in [0.25, 0.3) is 5.76 Å². The lowest BCUT2D eigenvalue weighted by Crippen LogP contribution is -2.27. The van der Waals surface area contributed by atoms with Gasteiger partial charge in [0.05, 0.1) is 18.8 Å². The van der Waals surface area contributed by atoms with E-state index in [0.29, 0.717) is 17.1 Å². The van der Waals surface area contributed by atoms with E-state index in [1.54, 1.807) is 31.4 Å². The van der Waals surface area contributed by atoms with Crippen molar-refractivity contribution in [3.05, 3.63) is 57.8 Å². The summed E-state index contributed by atoms with van der Waals surface area (Å²) < 4.78 is 11.1. The van der Waals surface area contributed by atoms with E-state index in [1.165, 1.54) is 11.3 Å². The summed E-state index contributed by atoms with van der Waals surface area (Å²) in [5, 5.41) is 11.4. The Balaban J connectivity index is 2.05. The van der Waals surface area contributed by atoms with Gasteiger partial charge in [-0.25, -0.2) is 0 Å². The number of rotatable bonds is 4. The summed E-state index contributed by atoms with van der Waals surface area (Å²) in [6.07, 6.45) is -0.556. The lowest BCUT2D eigenvalue weighted by atomic mass is 9.93.